The van der Waals surface area contributed by atoms with Crippen LogP contribution in [0.2, 0.25) is 0 Å². The van der Waals surface area contributed by atoms with Gasteiger partial charge in [-0.15, -0.1) is 0 Å². The van der Waals surface area contributed by atoms with E-state index in [9.17, 15) is 9.59 Å². The summed E-state index contributed by atoms with van der Waals surface area (Å²) in [6, 6.07) is 17.2. The van der Waals surface area contributed by atoms with Gasteiger partial charge < -0.3 is 10.3 Å². The summed E-state index contributed by atoms with van der Waals surface area (Å²) in [4.78, 5) is 33.3. The topological polar surface area (TPSA) is 74.8 Å². The molecule has 140 valence electrons. The molecule has 0 spiro atoms. The summed E-state index contributed by atoms with van der Waals surface area (Å²) in [5.74, 6) is 0.789. The van der Waals surface area contributed by atoms with Crippen LogP contribution in [0.25, 0.3) is 10.9 Å². The Balaban J connectivity index is 1.45. The fraction of sp³-hybridized carbons (Fsp3) is 0.261. The second kappa shape index (κ2) is 6.75. The molecule has 2 N–H and O–H groups in total. The number of aromatic amines is 1. The second-order valence-electron chi connectivity index (χ2n) is 7.67. The van der Waals surface area contributed by atoms with Crippen LogP contribution in [0.4, 0.5) is 0 Å². The molecule has 4 unspecified atom stereocenters. The summed E-state index contributed by atoms with van der Waals surface area (Å²) in [5, 5.41) is 3.66. The molecule has 1 fully saturated rings. The van der Waals surface area contributed by atoms with E-state index >= 15 is 0 Å². The monoisotopic (exact) mass is 371 g/mol. The van der Waals surface area contributed by atoms with Gasteiger partial charge in [-0.2, -0.15) is 0 Å². The number of hydrogen-bond donors (Lipinski definition) is 2. The number of benzene rings is 2. The standard InChI is InChI=1S/C23H21N3O2/c27-22-17-8-4-5-9-18(17)25-21(26-22)19-15-10-11-16(12-15)20(19)23(28)24-13-14-6-2-1-3-7-14/h1-11,15-16,19-20H,12-13H2,(H,24,28)(H,25,26,27). The van der Waals surface area contributed by atoms with Crippen molar-refractivity contribution >= 4 is 16.8 Å². The minimum atomic E-state index is -0.206. The Bertz CT molecular complexity index is 1120. The van der Waals surface area contributed by atoms with Crippen molar-refractivity contribution in [1.82, 2.24) is 15.3 Å². The van der Waals surface area contributed by atoms with E-state index in [1.165, 1.54) is 0 Å². The van der Waals surface area contributed by atoms with E-state index in [2.05, 4.69) is 22.5 Å². The van der Waals surface area contributed by atoms with Gasteiger partial charge in [0.05, 0.1) is 16.8 Å². The molecule has 28 heavy (non-hydrogen) atoms. The van der Waals surface area contributed by atoms with Crippen molar-refractivity contribution in [1.29, 1.82) is 0 Å². The first-order valence-corrected chi connectivity index (χ1v) is 9.69. The van der Waals surface area contributed by atoms with Gasteiger partial charge in [0.25, 0.3) is 5.56 Å². The number of aromatic nitrogens is 2. The average molecular weight is 371 g/mol. The molecule has 1 saturated carbocycles. The molecule has 1 amide bonds. The predicted octanol–water partition coefficient (Wildman–Crippen LogP) is 3.15. The largest absolute Gasteiger partial charge is 0.352 e. The Morgan fingerprint density at radius 2 is 1.79 bits per heavy atom. The minimum absolute atomic E-state index is 0.0292. The molecular weight excluding hydrogens is 350 g/mol. The van der Waals surface area contributed by atoms with Crippen LogP contribution in [0.5, 0.6) is 0 Å². The molecule has 5 heteroatoms. The van der Waals surface area contributed by atoms with Gasteiger partial charge >= 0.3 is 0 Å². The van der Waals surface area contributed by atoms with E-state index in [-0.39, 0.29) is 35.1 Å². The highest BCUT2D eigenvalue weighted by molar-refractivity contribution is 5.82. The zero-order valence-corrected chi connectivity index (χ0v) is 15.3. The van der Waals surface area contributed by atoms with Crippen LogP contribution < -0.4 is 10.9 Å². The van der Waals surface area contributed by atoms with Crippen LogP contribution in [0.15, 0.2) is 71.5 Å². The summed E-state index contributed by atoms with van der Waals surface area (Å²) in [7, 11) is 0. The first-order chi connectivity index (χ1) is 13.7. The number of rotatable bonds is 4. The van der Waals surface area contributed by atoms with Crippen molar-refractivity contribution in [3.63, 3.8) is 0 Å². The van der Waals surface area contributed by atoms with Crippen molar-refractivity contribution in [2.45, 2.75) is 18.9 Å². The number of fused-ring (bicyclic) bond motifs is 3. The lowest BCUT2D eigenvalue weighted by Crippen LogP contribution is -2.37. The fourth-order valence-electron chi connectivity index (χ4n) is 4.72. The number of para-hydroxylation sites is 1. The van der Waals surface area contributed by atoms with Crippen LogP contribution in [0, 0.1) is 17.8 Å². The maximum absolute atomic E-state index is 13.1. The molecule has 2 aromatic carbocycles. The fourth-order valence-corrected chi connectivity index (χ4v) is 4.72. The number of allylic oxidation sites excluding steroid dienone is 2. The first kappa shape index (κ1) is 16.9. The molecule has 5 nitrogen and oxygen atoms in total. The predicted molar refractivity (Wildman–Crippen MR) is 108 cm³/mol. The van der Waals surface area contributed by atoms with Crippen molar-refractivity contribution in [2.24, 2.45) is 17.8 Å². The number of hydrogen-bond acceptors (Lipinski definition) is 3. The number of nitrogens with one attached hydrogen (secondary N) is 2. The Morgan fingerprint density at radius 1 is 1.04 bits per heavy atom. The Kier molecular flexibility index (Phi) is 4.08. The second-order valence-corrected chi connectivity index (χ2v) is 7.67. The normalized spacial score (nSPS) is 25.3. The van der Waals surface area contributed by atoms with Gasteiger partial charge in [0, 0.05) is 12.5 Å². The quantitative estimate of drug-likeness (QED) is 0.692. The van der Waals surface area contributed by atoms with Crippen LogP contribution in [0.3, 0.4) is 0 Å². The third-order valence-corrected chi connectivity index (χ3v) is 6.02. The highest BCUT2D eigenvalue weighted by Gasteiger charge is 2.49. The summed E-state index contributed by atoms with van der Waals surface area (Å²) >= 11 is 0. The number of carbonyl (C=O) groups is 1. The molecule has 1 heterocycles. The zero-order valence-electron chi connectivity index (χ0n) is 15.3. The molecule has 5 rings (SSSR count). The van der Waals surface area contributed by atoms with Crippen LogP contribution in [-0.2, 0) is 11.3 Å². The third kappa shape index (κ3) is 2.83. The molecule has 2 bridgehead atoms. The average Bonchev–Trinajstić information content (AvgIpc) is 3.34. The summed E-state index contributed by atoms with van der Waals surface area (Å²) in [5.41, 5.74) is 1.61. The van der Waals surface area contributed by atoms with Crippen molar-refractivity contribution < 1.29 is 4.79 Å². The van der Waals surface area contributed by atoms with E-state index in [1.54, 1.807) is 6.07 Å². The highest BCUT2D eigenvalue weighted by Crippen LogP contribution is 2.52. The molecule has 0 aliphatic heterocycles. The SMILES string of the molecule is O=C(NCc1ccccc1)C1C2C=CC(C2)C1c1nc2ccccc2c(=O)[nH]1. The number of amides is 1. The van der Waals surface area contributed by atoms with E-state index in [1.807, 2.05) is 48.5 Å². The molecule has 0 radical (unpaired) electrons. The Hall–Kier alpha value is -3.21. The molecule has 1 aromatic heterocycles. The zero-order chi connectivity index (χ0) is 19.1. The maximum atomic E-state index is 13.1. The molecule has 2 aliphatic rings. The minimum Gasteiger partial charge on any atom is -0.352 e. The summed E-state index contributed by atoms with van der Waals surface area (Å²) in [6.45, 7) is 0.506. The van der Waals surface area contributed by atoms with Crippen molar-refractivity contribution in [3.05, 3.63) is 88.5 Å². The van der Waals surface area contributed by atoms with Gasteiger partial charge in [0.1, 0.15) is 5.82 Å². The lowest BCUT2D eigenvalue weighted by atomic mass is 9.81. The van der Waals surface area contributed by atoms with Gasteiger partial charge in [0.2, 0.25) is 5.91 Å². The van der Waals surface area contributed by atoms with Crippen molar-refractivity contribution in [2.75, 3.05) is 0 Å². The molecule has 2 aliphatic carbocycles. The van der Waals surface area contributed by atoms with Gasteiger partial charge in [-0.25, -0.2) is 4.98 Å². The van der Waals surface area contributed by atoms with Gasteiger partial charge in [-0.3, -0.25) is 9.59 Å². The third-order valence-electron chi connectivity index (χ3n) is 6.02. The van der Waals surface area contributed by atoms with Crippen LogP contribution in [-0.4, -0.2) is 15.9 Å². The van der Waals surface area contributed by atoms with Crippen LogP contribution >= 0.6 is 0 Å². The summed E-state index contributed by atoms with van der Waals surface area (Å²) < 4.78 is 0. The van der Waals surface area contributed by atoms with Crippen LogP contribution in [0.1, 0.15) is 23.7 Å². The smallest absolute Gasteiger partial charge is 0.258 e. The van der Waals surface area contributed by atoms with Gasteiger partial charge in [0.15, 0.2) is 0 Å². The maximum Gasteiger partial charge on any atom is 0.258 e. The number of nitrogens with zero attached hydrogens (tertiary/aromatic N) is 1. The van der Waals surface area contributed by atoms with E-state index in [0.717, 1.165) is 12.0 Å². The molecule has 0 saturated heterocycles. The molecular formula is C23H21N3O2. The molecule has 3 aromatic rings. The number of carbonyl (C=O) groups excluding carboxylic acids is 1. The Labute approximate surface area is 162 Å². The first-order valence-electron chi connectivity index (χ1n) is 9.69. The van der Waals surface area contributed by atoms with E-state index in [0.29, 0.717) is 23.3 Å². The van der Waals surface area contributed by atoms with E-state index in [4.69, 9.17) is 4.98 Å². The van der Waals surface area contributed by atoms with E-state index < -0.39 is 0 Å². The number of H-pyrrole nitrogens is 1. The summed E-state index contributed by atoms with van der Waals surface area (Å²) in [6.07, 6.45) is 5.25. The Morgan fingerprint density at radius 3 is 2.64 bits per heavy atom. The highest BCUT2D eigenvalue weighted by atomic mass is 16.2. The van der Waals surface area contributed by atoms with Crippen molar-refractivity contribution in [3.8, 4) is 0 Å². The lowest BCUT2D eigenvalue weighted by Gasteiger charge is -2.26. The lowest BCUT2D eigenvalue weighted by molar-refractivity contribution is -0.126. The molecule has 4 atom stereocenters. The van der Waals surface area contributed by atoms with Gasteiger partial charge in [-0.1, -0.05) is 54.6 Å². The van der Waals surface area contributed by atoms with Gasteiger partial charge in [-0.05, 0) is 36.0 Å².